The molecule has 0 spiro atoms. The molecule has 0 aliphatic rings. The van der Waals surface area contributed by atoms with Crippen LogP contribution in [0.15, 0.2) is 46.9 Å². The van der Waals surface area contributed by atoms with Crippen molar-refractivity contribution in [2.75, 3.05) is 10.5 Å². The summed E-state index contributed by atoms with van der Waals surface area (Å²) >= 11 is 3.36. The maximum absolute atomic E-state index is 9.19. The van der Waals surface area contributed by atoms with Crippen molar-refractivity contribution in [3.63, 3.8) is 0 Å². The highest BCUT2D eigenvalue weighted by Crippen LogP contribution is 2.28. The Bertz CT molecular complexity index is 541. The molecule has 4 nitrogen and oxygen atoms in total. The second kappa shape index (κ2) is 5.39. The average Bonchev–Trinajstić information content (AvgIpc) is 2.34. The molecule has 18 heavy (non-hydrogen) atoms. The van der Waals surface area contributed by atoms with Crippen molar-refractivity contribution in [2.24, 2.45) is 0 Å². The monoisotopic (exact) mass is 308 g/mol. The lowest BCUT2D eigenvalue weighted by Crippen LogP contribution is -2.13. The Morgan fingerprint density at radius 3 is 2.33 bits per heavy atom. The smallest absolute Gasteiger partial charge is 0.118 e. The van der Waals surface area contributed by atoms with E-state index in [1.807, 2.05) is 37.3 Å². The molecule has 0 unspecified atom stereocenters. The topological polar surface area (TPSA) is 55.7 Å². The summed E-state index contributed by atoms with van der Waals surface area (Å²) in [5.41, 5.74) is 2.73. The van der Waals surface area contributed by atoms with Crippen LogP contribution < -0.4 is 10.5 Å². The predicted octanol–water partition coefficient (Wildman–Crippen LogP) is 4.09. The summed E-state index contributed by atoms with van der Waals surface area (Å²) in [4.78, 5) is 0. The Kier molecular flexibility index (Phi) is 3.86. The van der Waals surface area contributed by atoms with Crippen molar-refractivity contribution in [3.05, 3.63) is 52.5 Å². The summed E-state index contributed by atoms with van der Waals surface area (Å²) < 4.78 is 0.989. The van der Waals surface area contributed by atoms with E-state index in [4.69, 9.17) is 0 Å². The number of nitrogens with zero attached hydrogens (tertiary/aromatic N) is 1. The third kappa shape index (κ3) is 3.01. The fraction of sp³-hybridized carbons (Fsp3) is 0.0769. The minimum atomic E-state index is 0.119. The number of halogens is 1. The first-order chi connectivity index (χ1) is 8.56. The highest BCUT2D eigenvalue weighted by molar-refractivity contribution is 9.10. The van der Waals surface area contributed by atoms with Gasteiger partial charge in [-0.2, -0.15) is 0 Å². The van der Waals surface area contributed by atoms with Crippen LogP contribution in [0.1, 0.15) is 5.56 Å². The number of hydrogen-bond acceptors (Lipinski definition) is 4. The quantitative estimate of drug-likeness (QED) is 0.748. The predicted molar refractivity (Wildman–Crippen MR) is 74.7 cm³/mol. The van der Waals surface area contributed by atoms with Gasteiger partial charge < -0.3 is 5.32 Å². The Balaban J connectivity index is 2.31. The molecule has 2 aromatic carbocycles. The Morgan fingerprint density at radius 2 is 1.72 bits per heavy atom. The van der Waals surface area contributed by atoms with Crippen LogP contribution in [0.25, 0.3) is 0 Å². The fourth-order valence-corrected chi connectivity index (χ4v) is 1.87. The Labute approximate surface area is 114 Å². The van der Waals surface area contributed by atoms with E-state index in [9.17, 15) is 10.4 Å². The molecular weight excluding hydrogens is 296 g/mol. The summed E-state index contributed by atoms with van der Waals surface area (Å²) in [6.07, 6.45) is 0. The molecule has 0 heterocycles. The van der Waals surface area contributed by atoms with E-state index in [1.54, 1.807) is 12.1 Å². The molecule has 0 radical (unpaired) electrons. The molecule has 3 N–H and O–H groups in total. The van der Waals surface area contributed by atoms with Gasteiger partial charge >= 0.3 is 0 Å². The third-order valence-corrected chi connectivity index (χ3v) is 3.02. The van der Waals surface area contributed by atoms with Gasteiger partial charge in [-0.3, -0.25) is 10.4 Å². The van der Waals surface area contributed by atoms with E-state index in [0.717, 1.165) is 15.7 Å². The lowest BCUT2D eigenvalue weighted by molar-refractivity contribution is 0.0295. The Morgan fingerprint density at radius 1 is 1.06 bits per heavy atom. The lowest BCUT2D eigenvalue weighted by Gasteiger charge is -2.16. The molecule has 0 saturated carbocycles. The largest absolute Gasteiger partial charge is 0.354 e. The van der Waals surface area contributed by atoms with Crippen LogP contribution in [0.4, 0.5) is 17.1 Å². The summed E-state index contributed by atoms with van der Waals surface area (Å²) in [7, 11) is 0. The van der Waals surface area contributed by atoms with Gasteiger partial charge in [-0.05, 0) is 48.9 Å². The van der Waals surface area contributed by atoms with E-state index >= 15 is 0 Å². The molecule has 0 aliphatic carbocycles. The summed E-state index contributed by atoms with van der Waals surface area (Å²) in [5, 5.41) is 21.6. The van der Waals surface area contributed by atoms with Crippen LogP contribution in [0.3, 0.4) is 0 Å². The second-order valence-corrected chi connectivity index (χ2v) is 4.86. The number of aryl methyl sites for hydroxylation is 1. The molecule has 0 aliphatic heterocycles. The van der Waals surface area contributed by atoms with Crippen LogP contribution in [0, 0.1) is 6.92 Å². The number of nitrogens with one attached hydrogen (secondary N) is 1. The van der Waals surface area contributed by atoms with E-state index < -0.39 is 0 Å². The molecule has 2 rings (SSSR count). The highest BCUT2D eigenvalue weighted by Gasteiger charge is 2.08. The van der Waals surface area contributed by atoms with Crippen molar-refractivity contribution >= 4 is 33.0 Å². The molecule has 5 heteroatoms. The molecular formula is C13H13BrN2O2. The molecule has 94 valence electrons. The minimum absolute atomic E-state index is 0.119. The van der Waals surface area contributed by atoms with Crippen molar-refractivity contribution in [1.82, 2.24) is 0 Å². The Hall–Kier alpha value is -1.56. The number of anilines is 3. The van der Waals surface area contributed by atoms with Gasteiger partial charge in [0.05, 0.1) is 5.69 Å². The van der Waals surface area contributed by atoms with Gasteiger partial charge in [0.1, 0.15) is 5.69 Å². The van der Waals surface area contributed by atoms with Gasteiger partial charge in [0.25, 0.3) is 0 Å². The first-order valence-electron chi connectivity index (χ1n) is 5.37. The van der Waals surface area contributed by atoms with Crippen LogP contribution in [0.5, 0.6) is 0 Å². The maximum atomic E-state index is 9.19. The fourth-order valence-electron chi connectivity index (χ4n) is 1.60. The maximum Gasteiger partial charge on any atom is 0.118 e. The summed E-state index contributed by atoms with van der Waals surface area (Å²) in [5.74, 6) is 0. The van der Waals surface area contributed by atoms with E-state index in [2.05, 4.69) is 21.2 Å². The van der Waals surface area contributed by atoms with E-state index in [-0.39, 0.29) is 5.23 Å². The summed E-state index contributed by atoms with van der Waals surface area (Å²) in [6.45, 7) is 1.89. The van der Waals surface area contributed by atoms with Crippen LogP contribution in [0.2, 0.25) is 0 Å². The number of benzene rings is 2. The lowest BCUT2D eigenvalue weighted by atomic mass is 10.2. The van der Waals surface area contributed by atoms with Gasteiger partial charge in [-0.1, -0.05) is 22.0 Å². The molecule has 0 aromatic heterocycles. The molecule has 2 aromatic rings. The molecule has 0 fully saturated rings. The number of rotatable bonds is 3. The molecule has 0 bridgehead atoms. The van der Waals surface area contributed by atoms with Crippen molar-refractivity contribution < 1.29 is 10.4 Å². The normalized spacial score (nSPS) is 10.2. The van der Waals surface area contributed by atoms with Crippen molar-refractivity contribution in [2.45, 2.75) is 6.92 Å². The van der Waals surface area contributed by atoms with Crippen LogP contribution >= 0.6 is 15.9 Å². The van der Waals surface area contributed by atoms with Crippen LogP contribution in [-0.2, 0) is 0 Å². The highest BCUT2D eigenvalue weighted by atomic mass is 79.9. The second-order valence-electron chi connectivity index (χ2n) is 3.94. The molecule has 0 saturated heterocycles. The zero-order valence-corrected chi connectivity index (χ0v) is 11.3. The zero-order chi connectivity index (χ0) is 13.1. The summed E-state index contributed by atoms with van der Waals surface area (Å²) in [6, 6.07) is 13.0. The first-order valence-corrected chi connectivity index (χ1v) is 6.16. The van der Waals surface area contributed by atoms with Gasteiger partial charge in [0.15, 0.2) is 0 Å². The SMILES string of the molecule is Cc1ccc(Nc2ccc(Br)cc2)c(N(O)O)c1. The van der Waals surface area contributed by atoms with Gasteiger partial charge in [-0.15, -0.1) is 5.23 Å². The van der Waals surface area contributed by atoms with Gasteiger partial charge in [-0.25, -0.2) is 0 Å². The van der Waals surface area contributed by atoms with E-state index in [0.29, 0.717) is 11.4 Å². The van der Waals surface area contributed by atoms with Gasteiger partial charge in [0, 0.05) is 10.2 Å². The third-order valence-electron chi connectivity index (χ3n) is 2.49. The average molecular weight is 309 g/mol. The van der Waals surface area contributed by atoms with Crippen LogP contribution in [-0.4, -0.2) is 10.4 Å². The standard InChI is InChI=1S/C13H13BrN2O2/c1-9-2-7-12(13(8-9)16(17)18)15-11-5-3-10(14)4-6-11/h2-8,15,17-18H,1H3. The zero-order valence-electron chi connectivity index (χ0n) is 9.76. The van der Waals surface area contributed by atoms with E-state index in [1.165, 1.54) is 0 Å². The van der Waals surface area contributed by atoms with Gasteiger partial charge in [0.2, 0.25) is 0 Å². The van der Waals surface area contributed by atoms with Crippen molar-refractivity contribution in [3.8, 4) is 0 Å². The van der Waals surface area contributed by atoms with Crippen molar-refractivity contribution in [1.29, 1.82) is 0 Å². The minimum Gasteiger partial charge on any atom is -0.354 e. The molecule has 0 amide bonds. The molecule has 0 atom stereocenters. The first kappa shape index (κ1) is 12.9. The number of hydrogen-bond donors (Lipinski definition) is 3.